The number of carbonyl (C=O) groups excluding carboxylic acids is 1. The van der Waals surface area contributed by atoms with Crippen molar-refractivity contribution in [1.29, 1.82) is 0 Å². The summed E-state index contributed by atoms with van der Waals surface area (Å²) >= 11 is 5.19. The number of hydrogen-bond acceptors (Lipinski definition) is 2. The summed E-state index contributed by atoms with van der Waals surface area (Å²) in [5, 5.41) is 3.13. The first-order valence-corrected chi connectivity index (χ1v) is 7.47. The number of benzene rings is 1. The highest BCUT2D eigenvalue weighted by Gasteiger charge is 2.41. The molecule has 108 valence electrons. The molecule has 0 aromatic heterocycles. The second-order valence-electron chi connectivity index (χ2n) is 6.10. The van der Waals surface area contributed by atoms with Crippen LogP contribution in [0.15, 0.2) is 30.3 Å². The monoisotopic (exact) mass is 290 g/mol. The van der Waals surface area contributed by atoms with Crippen molar-refractivity contribution in [2.24, 2.45) is 5.73 Å². The third kappa shape index (κ3) is 2.70. The van der Waals surface area contributed by atoms with Gasteiger partial charge in [-0.1, -0.05) is 55.4 Å². The highest BCUT2D eigenvalue weighted by Crippen LogP contribution is 2.32. The Morgan fingerprint density at radius 1 is 1.25 bits per heavy atom. The van der Waals surface area contributed by atoms with E-state index in [0.717, 1.165) is 31.2 Å². The lowest BCUT2D eigenvalue weighted by molar-refractivity contribution is -0.126. The maximum Gasteiger partial charge on any atom is 0.230 e. The van der Waals surface area contributed by atoms with E-state index < -0.39 is 11.0 Å². The Morgan fingerprint density at radius 3 is 2.30 bits per heavy atom. The summed E-state index contributed by atoms with van der Waals surface area (Å²) in [5.74, 6) is -0.0154. The first kappa shape index (κ1) is 15.0. The van der Waals surface area contributed by atoms with Gasteiger partial charge in [0.1, 0.15) is 0 Å². The number of rotatable bonds is 4. The summed E-state index contributed by atoms with van der Waals surface area (Å²) in [6, 6.07) is 9.79. The van der Waals surface area contributed by atoms with Gasteiger partial charge in [0.25, 0.3) is 0 Å². The van der Waals surface area contributed by atoms with Crippen molar-refractivity contribution in [2.45, 2.75) is 50.5 Å². The molecule has 3 nitrogen and oxygen atoms in total. The fourth-order valence-corrected chi connectivity index (χ4v) is 3.03. The standard InChI is InChI=1S/C16H22N2OS/c1-15(2,12-8-4-3-5-9-12)14(19)18-16(13(17)20)10-6-7-11-16/h3-5,8-9H,6-7,10-11H2,1-2H3,(H2,17,20)(H,18,19). The van der Waals surface area contributed by atoms with Gasteiger partial charge >= 0.3 is 0 Å². The Labute approximate surface area is 125 Å². The van der Waals surface area contributed by atoms with Gasteiger partial charge in [0.2, 0.25) is 5.91 Å². The zero-order chi connectivity index (χ0) is 14.8. The molecule has 2 rings (SSSR count). The molecule has 1 aromatic rings. The van der Waals surface area contributed by atoms with E-state index in [4.69, 9.17) is 18.0 Å². The predicted molar refractivity (Wildman–Crippen MR) is 85.6 cm³/mol. The van der Waals surface area contributed by atoms with Gasteiger partial charge in [-0.2, -0.15) is 0 Å². The molecule has 0 aliphatic heterocycles. The van der Waals surface area contributed by atoms with Crippen LogP contribution in [-0.2, 0) is 10.2 Å². The molecule has 0 unspecified atom stereocenters. The number of nitrogens with one attached hydrogen (secondary N) is 1. The molecular formula is C16H22N2OS. The largest absolute Gasteiger partial charge is 0.391 e. The minimum absolute atomic E-state index is 0.0154. The van der Waals surface area contributed by atoms with Crippen molar-refractivity contribution in [2.75, 3.05) is 0 Å². The molecule has 0 saturated heterocycles. The number of carbonyl (C=O) groups is 1. The average Bonchev–Trinajstić information content (AvgIpc) is 2.89. The summed E-state index contributed by atoms with van der Waals surface area (Å²) in [6.45, 7) is 3.86. The van der Waals surface area contributed by atoms with Crippen LogP contribution in [0.3, 0.4) is 0 Å². The lowest BCUT2D eigenvalue weighted by Gasteiger charge is -2.34. The van der Waals surface area contributed by atoms with Gasteiger partial charge in [-0.05, 0) is 32.3 Å². The Bertz CT molecular complexity index is 504. The molecular weight excluding hydrogens is 268 g/mol. The zero-order valence-electron chi connectivity index (χ0n) is 12.1. The Hall–Kier alpha value is -1.42. The third-order valence-electron chi connectivity index (χ3n) is 4.34. The first-order valence-electron chi connectivity index (χ1n) is 7.06. The van der Waals surface area contributed by atoms with Crippen LogP contribution in [0.1, 0.15) is 45.1 Å². The van der Waals surface area contributed by atoms with Crippen LogP contribution in [0.4, 0.5) is 0 Å². The van der Waals surface area contributed by atoms with Crippen molar-refractivity contribution in [3.05, 3.63) is 35.9 Å². The minimum atomic E-state index is -0.596. The van der Waals surface area contributed by atoms with Crippen LogP contribution < -0.4 is 11.1 Å². The van der Waals surface area contributed by atoms with Gasteiger partial charge in [-0.3, -0.25) is 4.79 Å². The van der Waals surface area contributed by atoms with Gasteiger partial charge in [-0.25, -0.2) is 0 Å². The van der Waals surface area contributed by atoms with Gasteiger partial charge < -0.3 is 11.1 Å². The second kappa shape index (κ2) is 5.52. The number of amides is 1. The fourth-order valence-electron chi connectivity index (χ4n) is 2.77. The summed E-state index contributed by atoms with van der Waals surface area (Å²) in [7, 11) is 0. The van der Waals surface area contributed by atoms with Crippen molar-refractivity contribution >= 4 is 23.1 Å². The highest BCUT2D eigenvalue weighted by molar-refractivity contribution is 7.80. The quantitative estimate of drug-likeness (QED) is 0.838. The molecule has 4 heteroatoms. The molecule has 0 atom stereocenters. The van der Waals surface area contributed by atoms with E-state index in [9.17, 15) is 4.79 Å². The topological polar surface area (TPSA) is 55.1 Å². The Kier molecular flexibility index (Phi) is 4.14. The molecule has 3 N–H and O–H groups in total. The SMILES string of the molecule is CC(C)(C(=O)NC1(C(N)=S)CCCC1)c1ccccc1. The molecule has 20 heavy (non-hydrogen) atoms. The van der Waals surface area contributed by atoms with E-state index >= 15 is 0 Å². The second-order valence-corrected chi connectivity index (χ2v) is 6.54. The van der Waals surface area contributed by atoms with Crippen molar-refractivity contribution < 1.29 is 4.79 Å². The van der Waals surface area contributed by atoms with Crippen molar-refractivity contribution in [1.82, 2.24) is 5.32 Å². The van der Waals surface area contributed by atoms with E-state index in [1.165, 1.54) is 0 Å². The molecule has 1 aromatic carbocycles. The maximum atomic E-state index is 12.7. The van der Waals surface area contributed by atoms with Crippen molar-refractivity contribution in [3.63, 3.8) is 0 Å². The molecule has 1 fully saturated rings. The molecule has 1 aliphatic rings. The van der Waals surface area contributed by atoms with E-state index in [1.54, 1.807) is 0 Å². The van der Waals surface area contributed by atoms with Gasteiger partial charge in [0.05, 0.1) is 15.9 Å². The molecule has 0 spiro atoms. The van der Waals surface area contributed by atoms with E-state index in [-0.39, 0.29) is 5.91 Å². The van der Waals surface area contributed by atoms with E-state index in [1.807, 2.05) is 44.2 Å². The van der Waals surface area contributed by atoms with E-state index in [0.29, 0.717) is 4.99 Å². The van der Waals surface area contributed by atoms with Crippen LogP contribution in [0.5, 0.6) is 0 Å². The molecule has 0 bridgehead atoms. The molecule has 1 amide bonds. The lowest BCUT2D eigenvalue weighted by atomic mass is 9.82. The van der Waals surface area contributed by atoms with Crippen LogP contribution in [0.2, 0.25) is 0 Å². The lowest BCUT2D eigenvalue weighted by Crippen LogP contribution is -2.58. The number of thiocarbonyl (C=S) groups is 1. The summed E-state index contributed by atoms with van der Waals surface area (Å²) < 4.78 is 0. The van der Waals surface area contributed by atoms with Gasteiger partial charge in [0.15, 0.2) is 0 Å². The Morgan fingerprint density at radius 2 is 1.80 bits per heavy atom. The predicted octanol–water partition coefficient (Wildman–Crippen LogP) is 2.68. The summed E-state index contributed by atoms with van der Waals surface area (Å²) in [6.07, 6.45) is 3.81. The molecule has 0 heterocycles. The van der Waals surface area contributed by atoms with Crippen LogP contribution >= 0.6 is 12.2 Å². The fraction of sp³-hybridized carbons (Fsp3) is 0.500. The normalized spacial score (nSPS) is 17.7. The molecule has 0 radical (unpaired) electrons. The van der Waals surface area contributed by atoms with Crippen molar-refractivity contribution in [3.8, 4) is 0 Å². The molecule has 1 aliphatic carbocycles. The summed E-state index contributed by atoms with van der Waals surface area (Å²) in [5.41, 5.74) is 5.79. The molecule has 1 saturated carbocycles. The minimum Gasteiger partial charge on any atom is -0.391 e. The third-order valence-corrected chi connectivity index (χ3v) is 4.74. The number of nitrogens with two attached hydrogens (primary N) is 1. The highest BCUT2D eigenvalue weighted by atomic mass is 32.1. The smallest absolute Gasteiger partial charge is 0.230 e. The number of hydrogen-bond donors (Lipinski definition) is 2. The van der Waals surface area contributed by atoms with Crippen LogP contribution in [-0.4, -0.2) is 16.4 Å². The Balaban J connectivity index is 2.21. The maximum absolute atomic E-state index is 12.7. The van der Waals surface area contributed by atoms with E-state index in [2.05, 4.69) is 5.32 Å². The van der Waals surface area contributed by atoms with Gasteiger partial charge in [0, 0.05) is 0 Å². The van der Waals surface area contributed by atoms with Crippen LogP contribution in [0, 0.1) is 0 Å². The van der Waals surface area contributed by atoms with Gasteiger partial charge in [-0.15, -0.1) is 0 Å². The zero-order valence-corrected chi connectivity index (χ0v) is 12.9. The first-order chi connectivity index (χ1) is 9.38. The summed E-state index contributed by atoms with van der Waals surface area (Å²) in [4.78, 5) is 13.1. The average molecular weight is 290 g/mol. The van der Waals surface area contributed by atoms with Crippen LogP contribution in [0.25, 0.3) is 0 Å².